The predicted octanol–water partition coefficient (Wildman–Crippen LogP) is 6.31. The molecular formula is C35H45N3O2. The molecule has 2 aliphatic heterocycles. The van der Waals surface area contributed by atoms with E-state index in [4.69, 9.17) is 0 Å². The molecule has 0 spiro atoms. The molecule has 2 aliphatic rings. The van der Waals surface area contributed by atoms with Crippen molar-refractivity contribution in [3.8, 4) is 0 Å². The summed E-state index contributed by atoms with van der Waals surface area (Å²) in [7, 11) is 0. The molecule has 0 saturated carbocycles. The lowest BCUT2D eigenvalue weighted by atomic mass is 9.89. The Bertz CT molecular complexity index is 1300. The first-order valence-corrected chi connectivity index (χ1v) is 15.2. The van der Waals surface area contributed by atoms with Crippen LogP contribution in [0.3, 0.4) is 0 Å². The SMILES string of the molecule is CCc1ccc(C(c2cccc3ccccc23)N2CCN(C(=O)CC3CCN(C(C)=O)CC3)[C@@H](C(C)C)C2)cc1. The van der Waals surface area contributed by atoms with Crippen LogP contribution < -0.4 is 0 Å². The summed E-state index contributed by atoms with van der Waals surface area (Å²) in [5.74, 6) is 1.16. The highest BCUT2D eigenvalue weighted by atomic mass is 16.2. The molecule has 212 valence electrons. The number of hydrogen-bond acceptors (Lipinski definition) is 3. The molecule has 2 fully saturated rings. The summed E-state index contributed by atoms with van der Waals surface area (Å²) in [5, 5.41) is 2.56. The maximum absolute atomic E-state index is 13.7. The summed E-state index contributed by atoms with van der Waals surface area (Å²) in [6, 6.07) is 24.8. The minimum atomic E-state index is 0.131. The first kappa shape index (κ1) is 28.4. The summed E-state index contributed by atoms with van der Waals surface area (Å²) < 4.78 is 0. The summed E-state index contributed by atoms with van der Waals surface area (Å²) in [4.78, 5) is 32.1. The number of carbonyl (C=O) groups is 2. The molecule has 0 bridgehead atoms. The molecule has 40 heavy (non-hydrogen) atoms. The van der Waals surface area contributed by atoms with Crippen molar-refractivity contribution in [2.45, 2.75) is 65.5 Å². The average molecular weight is 540 g/mol. The monoisotopic (exact) mass is 539 g/mol. The van der Waals surface area contributed by atoms with Crippen molar-refractivity contribution >= 4 is 22.6 Å². The maximum Gasteiger partial charge on any atom is 0.223 e. The van der Waals surface area contributed by atoms with Crippen LogP contribution in [0.4, 0.5) is 0 Å². The number of hydrogen-bond donors (Lipinski definition) is 0. The van der Waals surface area contributed by atoms with Crippen LogP contribution in [-0.2, 0) is 16.0 Å². The highest BCUT2D eigenvalue weighted by Gasteiger charge is 2.37. The molecule has 2 amide bonds. The van der Waals surface area contributed by atoms with Gasteiger partial charge < -0.3 is 9.80 Å². The van der Waals surface area contributed by atoms with Gasteiger partial charge in [0, 0.05) is 52.1 Å². The molecule has 5 heteroatoms. The fourth-order valence-electron chi connectivity index (χ4n) is 6.77. The van der Waals surface area contributed by atoms with E-state index in [0.717, 1.165) is 52.0 Å². The molecule has 0 N–H and O–H groups in total. The van der Waals surface area contributed by atoms with E-state index >= 15 is 0 Å². The van der Waals surface area contributed by atoms with Gasteiger partial charge in [-0.15, -0.1) is 0 Å². The number of likely N-dealkylation sites (tertiary alicyclic amines) is 1. The fourth-order valence-corrected chi connectivity index (χ4v) is 6.77. The van der Waals surface area contributed by atoms with Crippen LogP contribution in [0.2, 0.25) is 0 Å². The van der Waals surface area contributed by atoms with Crippen LogP contribution in [0, 0.1) is 11.8 Å². The standard InChI is InChI=1S/C35H45N3O2/c1-5-27-13-15-30(16-14-27)35(32-12-8-10-29-9-6-7-11-31(29)32)37-21-22-38(33(24-37)25(2)3)34(40)23-28-17-19-36(20-18-28)26(4)39/h6-16,25,28,33,35H,5,17-24H2,1-4H3/t33-,35?/m1/s1. The Kier molecular flexibility index (Phi) is 8.90. The zero-order valence-corrected chi connectivity index (χ0v) is 24.7. The van der Waals surface area contributed by atoms with E-state index in [1.807, 2.05) is 4.90 Å². The van der Waals surface area contributed by atoms with Gasteiger partial charge in [-0.05, 0) is 58.6 Å². The van der Waals surface area contributed by atoms with Crippen LogP contribution in [0.25, 0.3) is 10.8 Å². The minimum absolute atomic E-state index is 0.131. The van der Waals surface area contributed by atoms with Crippen molar-refractivity contribution in [2.24, 2.45) is 11.8 Å². The Morgan fingerprint density at radius 2 is 1.57 bits per heavy atom. The van der Waals surface area contributed by atoms with Gasteiger partial charge in [0.1, 0.15) is 0 Å². The largest absolute Gasteiger partial charge is 0.343 e. The third-order valence-corrected chi connectivity index (χ3v) is 9.25. The smallest absolute Gasteiger partial charge is 0.223 e. The maximum atomic E-state index is 13.7. The molecule has 3 aromatic rings. The van der Waals surface area contributed by atoms with Crippen LogP contribution in [0.15, 0.2) is 66.7 Å². The van der Waals surface area contributed by atoms with Gasteiger partial charge in [0.15, 0.2) is 0 Å². The number of piperazine rings is 1. The zero-order chi connectivity index (χ0) is 28.2. The van der Waals surface area contributed by atoms with E-state index in [1.165, 1.54) is 27.5 Å². The quantitative estimate of drug-likeness (QED) is 0.354. The van der Waals surface area contributed by atoms with Crippen LogP contribution in [-0.4, -0.2) is 65.3 Å². The Labute approximate surface area is 240 Å². The van der Waals surface area contributed by atoms with Gasteiger partial charge in [-0.1, -0.05) is 87.5 Å². The number of rotatable bonds is 7. The van der Waals surface area contributed by atoms with Crippen molar-refractivity contribution in [2.75, 3.05) is 32.7 Å². The Balaban J connectivity index is 1.39. The van der Waals surface area contributed by atoms with Gasteiger partial charge in [0.05, 0.1) is 6.04 Å². The molecule has 0 aromatic heterocycles. The predicted molar refractivity (Wildman–Crippen MR) is 163 cm³/mol. The van der Waals surface area contributed by atoms with Crippen LogP contribution in [0.5, 0.6) is 0 Å². The van der Waals surface area contributed by atoms with Crippen molar-refractivity contribution in [1.82, 2.24) is 14.7 Å². The first-order chi connectivity index (χ1) is 19.4. The third kappa shape index (κ3) is 6.10. The number of nitrogens with zero attached hydrogens (tertiary/aromatic N) is 3. The lowest BCUT2D eigenvalue weighted by molar-refractivity contribution is -0.139. The molecule has 3 aromatic carbocycles. The fraction of sp³-hybridized carbons (Fsp3) is 0.486. The van der Waals surface area contributed by atoms with Crippen LogP contribution >= 0.6 is 0 Å². The topological polar surface area (TPSA) is 43.9 Å². The van der Waals surface area contributed by atoms with Gasteiger partial charge in [-0.25, -0.2) is 0 Å². The molecule has 0 radical (unpaired) electrons. The second-order valence-corrected chi connectivity index (χ2v) is 12.1. The number of piperidine rings is 1. The van der Waals surface area contributed by atoms with E-state index in [9.17, 15) is 9.59 Å². The molecule has 2 saturated heterocycles. The van der Waals surface area contributed by atoms with E-state index in [0.29, 0.717) is 18.3 Å². The van der Waals surface area contributed by atoms with Gasteiger partial charge in [-0.2, -0.15) is 0 Å². The zero-order valence-electron chi connectivity index (χ0n) is 24.7. The van der Waals surface area contributed by atoms with Gasteiger partial charge in [-0.3, -0.25) is 14.5 Å². The number of amides is 2. The lowest BCUT2D eigenvalue weighted by Gasteiger charge is -2.47. The Morgan fingerprint density at radius 1 is 0.875 bits per heavy atom. The van der Waals surface area contributed by atoms with Crippen molar-refractivity contribution in [1.29, 1.82) is 0 Å². The summed E-state index contributed by atoms with van der Waals surface area (Å²) in [6.07, 6.45) is 3.48. The normalized spacial score (nSPS) is 19.8. The molecule has 2 atom stereocenters. The minimum Gasteiger partial charge on any atom is -0.343 e. The first-order valence-electron chi connectivity index (χ1n) is 15.2. The second-order valence-electron chi connectivity index (χ2n) is 12.1. The average Bonchev–Trinajstić information content (AvgIpc) is 2.98. The second kappa shape index (κ2) is 12.6. The summed E-state index contributed by atoms with van der Waals surface area (Å²) >= 11 is 0. The summed E-state index contributed by atoms with van der Waals surface area (Å²) in [5.41, 5.74) is 4.00. The van der Waals surface area contributed by atoms with E-state index < -0.39 is 0 Å². The van der Waals surface area contributed by atoms with Crippen molar-refractivity contribution < 1.29 is 9.59 Å². The Hall–Kier alpha value is -3.18. The molecule has 1 unspecified atom stereocenters. The van der Waals surface area contributed by atoms with Crippen LogP contribution in [0.1, 0.15) is 69.7 Å². The van der Waals surface area contributed by atoms with Gasteiger partial charge in [0.2, 0.25) is 11.8 Å². The highest BCUT2D eigenvalue weighted by molar-refractivity contribution is 5.86. The molecule has 0 aliphatic carbocycles. The van der Waals surface area contributed by atoms with E-state index in [2.05, 4.69) is 97.3 Å². The van der Waals surface area contributed by atoms with Gasteiger partial charge in [0.25, 0.3) is 0 Å². The third-order valence-electron chi connectivity index (χ3n) is 9.25. The van der Waals surface area contributed by atoms with Gasteiger partial charge >= 0.3 is 0 Å². The van der Waals surface area contributed by atoms with Crippen molar-refractivity contribution in [3.63, 3.8) is 0 Å². The van der Waals surface area contributed by atoms with Crippen molar-refractivity contribution in [3.05, 3.63) is 83.4 Å². The number of benzene rings is 3. The summed E-state index contributed by atoms with van der Waals surface area (Å²) in [6.45, 7) is 12.4. The molecular weight excluding hydrogens is 494 g/mol. The number of carbonyl (C=O) groups excluding carboxylic acids is 2. The van der Waals surface area contributed by atoms with E-state index in [1.54, 1.807) is 6.92 Å². The number of fused-ring (bicyclic) bond motifs is 1. The molecule has 5 rings (SSSR count). The number of aryl methyl sites for hydroxylation is 1. The Morgan fingerprint density at radius 3 is 2.25 bits per heavy atom. The van der Waals surface area contributed by atoms with E-state index in [-0.39, 0.29) is 23.9 Å². The molecule has 2 heterocycles. The highest BCUT2D eigenvalue weighted by Crippen LogP contribution is 2.36. The lowest BCUT2D eigenvalue weighted by Crippen LogP contribution is -2.58. The molecule has 5 nitrogen and oxygen atoms in total.